The summed E-state index contributed by atoms with van der Waals surface area (Å²) in [5, 5.41) is 7.12. The van der Waals surface area contributed by atoms with E-state index in [-0.39, 0.29) is 29.3 Å². The van der Waals surface area contributed by atoms with Gasteiger partial charge in [0.25, 0.3) is 0 Å². The van der Waals surface area contributed by atoms with E-state index < -0.39 is 17.7 Å². The van der Waals surface area contributed by atoms with Gasteiger partial charge in [-0.3, -0.25) is 0 Å². The van der Waals surface area contributed by atoms with Gasteiger partial charge in [0.2, 0.25) is 5.60 Å². The molecule has 0 amide bonds. The molecule has 5 nitrogen and oxygen atoms in total. The predicted octanol–water partition coefficient (Wildman–Crippen LogP) is 4.79. The van der Waals surface area contributed by atoms with Crippen LogP contribution in [0.3, 0.4) is 0 Å². The Morgan fingerprint density at radius 1 is 1.25 bits per heavy atom. The molecule has 2 N–H and O–H groups in total. The van der Waals surface area contributed by atoms with Gasteiger partial charge < -0.3 is 20.1 Å². The molecule has 2 aliphatic rings. The van der Waals surface area contributed by atoms with Gasteiger partial charge in [-0.2, -0.15) is 13.2 Å². The summed E-state index contributed by atoms with van der Waals surface area (Å²) in [6.07, 6.45) is -2.82. The number of carbonyl (C=O) groups is 1. The Bertz CT molecular complexity index is 996. The van der Waals surface area contributed by atoms with Crippen molar-refractivity contribution >= 4 is 5.97 Å². The Morgan fingerprint density at radius 3 is 2.62 bits per heavy atom. The van der Waals surface area contributed by atoms with E-state index in [2.05, 4.69) is 22.8 Å². The van der Waals surface area contributed by atoms with Crippen LogP contribution in [0.1, 0.15) is 65.8 Å². The van der Waals surface area contributed by atoms with Crippen molar-refractivity contribution in [2.45, 2.75) is 56.6 Å². The average Bonchev–Trinajstić information content (AvgIpc) is 3.04. The van der Waals surface area contributed by atoms with Crippen molar-refractivity contribution in [1.29, 1.82) is 0 Å². The van der Waals surface area contributed by atoms with Crippen LogP contribution in [0.25, 0.3) is 0 Å². The molecule has 32 heavy (non-hydrogen) atoms. The van der Waals surface area contributed by atoms with Crippen molar-refractivity contribution in [3.63, 3.8) is 0 Å². The van der Waals surface area contributed by atoms with Crippen LogP contribution in [0.4, 0.5) is 13.2 Å². The third-order valence-electron chi connectivity index (χ3n) is 6.49. The van der Waals surface area contributed by atoms with Crippen LogP contribution in [-0.2, 0) is 10.3 Å². The van der Waals surface area contributed by atoms with Crippen LogP contribution in [0.15, 0.2) is 42.5 Å². The number of hydrogen-bond acceptors (Lipinski definition) is 5. The first-order valence-corrected chi connectivity index (χ1v) is 10.7. The van der Waals surface area contributed by atoms with Crippen LogP contribution in [0, 0.1) is 0 Å². The normalized spacial score (nSPS) is 26.4. The average molecular weight is 448 g/mol. The Balaban J connectivity index is 1.67. The molecule has 0 aromatic heterocycles. The highest BCUT2D eigenvalue weighted by atomic mass is 19.4. The number of ether oxygens (including phenoxy) is 2. The standard InChI is InChI=1S/C24H27F3N2O3/c1-14(29-19-10-7-11-28-21(19)15-8-5-4-6-9-15)16-12-18-17(13-20(16)31-3)22(30)32-23(18,2)24(25,26)27/h4-6,8-9,12-14,19,21,28-29H,7,10-11H2,1-3H3/t14?,19-,21-,23?/m0/s1. The third-order valence-corrected chi connectivity index (χ3v) is 6.49. The van der Waals surface area contributed by atoms with Crippen molar-refractivity contribution in [1.82, 2.24) is 10.6 Å². The van der Waals surface area contributed by atoms with Gasteiger partial charge in [0.05, 0.1) is 12.7 Å². The minimum absolute atomic E-state index is 0.0750. The number of hydrogen-bond donors (Lipinski definition) is 2. The molecular formula is C24H27F3N2O3. The molecule has 0 aliphatic carbocycles. The molecular weight excluding hydrogens is 421 g/mol. The smallest absolute Gasteiger partial charge is 0.432 e. The van der Waals surface area contributed by atoms with Gasteiger partial charge in [0.1, 0.15) is 5.75 Å². The van der Waals surface area contributed by atoms with Crippen LogP contribution in [-0.4, -0.2) is 31.8 Å². The van der Waals surface area contributed by atoms with E-state index in [4.69, 9.17) is 9.47 Å². The Kier molecular flexibility index (Phi) is 5.94. The van der Waals surface area contributed by atoms with Crippen LogP contribution >= 0.6 is 0 Å². The molecule has 2 unspecified atom stereocenters. The molecule has 2 heterocycles. The number of cyclic esters (lactones) is 1. The van der Waals surface area contributed by atoms with Crippen molar-refractivity contribution in [2.75, 3.05) is 13.7 Å². The summed E-state index contributed by atoms with van der Waals surface area (Å²) < 4.78 is 51.6. The Hall–Kier alpha value is -2.58. The number of halogens is 3. The number of fused-ring (bicyclic) bond motifs is 1. The number of piperidine rings is 1. The Labute approximate surface area is 185 Å². The zero-order valence-electron chi connectivity index (χ0n) is 18.3. The zero-order chi connectivity index (χ0) is 23.1. The number of rotatable bonds is 5. The second-order valence-corrected chi connectivity index (χ2v) is 8.54. The SMILES string of the molecule is COc1cc2c(cc1C(C)N[C@H]1CCCN[C@H]1c1ccccc1)C(C)(C(F)(F)F)OC2=O. The maximum atomic E-state index is 13.8. The van der Waals surface area contributed by atoms with E-state index in [1.54, 1.807) is 0 Å². The monoisotopic (exact) mass is 448 g/mol. The first-order valence-electron chi connectivity index (χ1n) is 10.7. The lowest BCUT2D eigenvalue weighted by molar-refractivity contribution is -0.253. The predicted molar refractivity (Wildman–Crippen MR) is 114 cm³/mol. The fourth-order valence-electron chi connectivity index (χ4n) is 4.67. The van der Waals surface area contributed by atoms with E-state index >= 15 is 0 Å². The van der Waals surface area contributed by atoms with Gasteiger partial charge >= 0.3 is 12.1 Å². The molecule has 4 rings (SSSR count). The molecule has 8 heteroatoms. The molecule has 4 atom stereocenters. The number of nitrogens with one attached hydrogen (secondary N) is 2. The second-order valence-electron chi connectivity index (χ2n) is 8.54. The van der Waals surface area contributed by atoms with Crippen molar-refractivity contribution in [3.05, 3.63) is 64.7 Å². The summed E-state index contributed by atoms with van der Waals surface area (Å²) in [5.41, 5.74) is -1.27. The van der Waals surface area contributed by atoms with Crippen molar-refractivity contribution in [2.24, 2.45) is 0 Å². The van der Waals surface area contributed by atoms with Gasteiger partial charge in [0, 0.05) is 29.3 Å². The minimum Gasteiger partial charge on any atom is -0.496 e. The highest BCUT2D eigenvalue weighted by Gasteiger charge is 2.61. The zero-order valence-corrected chi connectivity index (χ0v) is 18.3. The van der Waals surface area contributed by atoms with Crippen molar-refractivity contribution in [3.8, 4) is 5.75 Å². The van der Waals surface area contributed by atoms with E-state index in [1.165, 1.54) is 19.2 Å². The molecule has 0 radical (unpaired) electrons. The summed E-state index contributed by atoms with van der Waals surface area (Å²) in [6, 6.07) is 12.7. The quantitative estimate of drug-likeness (QED) is 0.645. The van der Waals surface area contributed by atoms with Crippen LogP contribution < -0.4 is 15.4 Å². The second kappa shape index (κ2) is 8.41. The summed E-state index contributed by atoms with van der Waals surface area (Å²) in [6.45, 7) is 3.68. The number of carbonyl (C=O) groups excluding carboxylic acids is 1. The number of benzene rings is 2. The maximum absolute atomic E-state index is 13.8. The van der Waals surface area contributed by atoms with E-state index in [1.807, 2.05) is 25.1 Å². The number of methoxy groups -OCH3 is 1. The van der Waals surface area contributed by atoms with Gasteiger partial charge in [-0.15, -0.1) is 0 Å². The fraction of sp³-hybridized carbons (Fsp3) is 0.458. The number of alkyl halides is 3. The summed E-state index contributed by atoms with van der Waals surface area (Å²) in [4.78, 5) is 12.2. The van der Waals surface area contributed by atoms with E-state index in [0.717, 1.165) is 31.9 Å². The van der Waals surface area contributed by atoms with Gasteiger partial charge in [-0.1, -0.05) is 30.3 Å². The first kappa shape index (κ1) is 22.6. The summed E-state index contributed by atoms with van der Waals surface area (Å²) in [7, 11) is 1.44. The summed E-state index contributed by atoms with van der Waals surface area (Å²) >= 11 is 0. The van der Waals surface area contributed by atoms with Crippen LogP contribution in [0.5, 0.6) is 5.75 Å². The topological polar surface area (TPSA) is 59.6 Å². The highest BCUT2D eigenvalue weighted by Crippen LogP contribution is 2.49. The van der Waals surface area contributed by atoms with Gasteiger partial charge in [0.15, 0.2) is 0 Å². The molecule has 2 aromatic rings. The Morgan fingerprint density at radius 2 is 1.97 bits per heavy atom. The van der Waals surface area contributed by atoms with Crippen molar-refractivity contribution < 1.29 is 27.4 Å². The third kappa shape index (κ3) is 3.86. The molecule has 172 valence electrons. The van der Waals surface area contributed by atoms with Crippen LogP contribution in [0.2, 0.25) is 0 Å². The molecule has 0 spiro atoms. The molecule has 0 saturated carbocycles. The van der Waals surface area contributed by atoms with E-state index in [9.17, 15) is 18.0 Å². The van der Waals surface area contributed by atoms with E-state index in [0.29, 0.717) is 11.3 Å². The highest BCUT2D eigenvalue weighted by molar-refractivity contribution is 5.95. The fourth-order valence-corrected chi connectivity index (χ4v) is 4.67. The molecule has 0 bridgehead atoms. The first-order chi connectivity index (χ1) is 15.2. The molecule has 2 aromatic carbocycles. The lowest BCUT2D eigenvalue weighted by Gasteiger charge is -2.36. The molecule has 1 saturated heterocycles. The van der Waals surface area contributed by atoms with Gasteiger partial charge in [-0.05, 0) is 50.9 Å². The number of esters is 1. The lowest BCUT2D eigenvalue weighted by atomic mass is 9.88. The molecule has 1 fully saturated rings. The summed E-state index contributed by atoms with van der Waals surface area (Å²) in [5.74, 6) is -0.641. The van der Waals surface area contributed by atoms with Gasteiger partial charge in [-0.25, -0.2) is 4.79 Å². The minimum atomic E-state index is -4.73. The lowest BCUT2D eigenvalue weighted by Crippen LogP contribution is -2.46. The largest absolute Gasteiger partial charge is 0.496 e. The molecule has 2 aliphatic heterocycles. The maximum Gasteiger partial charge on any atom is 0.432 e.